The van der Waals surface area contributed by atoms with E-state index >= 15 is 0 Å². The predicted molar refractivity (Wildman–Crippen MR) is 62.2 cm³/mol. The minimum Gasteiger partial charge on any atom is -0.369 e. The molecule has 0 spiro atoms. The molecule has 5 nitrogen and oxygen atoms in total. The largest absolute Gasteiger partial charge is 0.369 e. The first-order chi connectivity index (χ1) is 8.24. The average Bonchev–Trinajstić information content (AvgIpc) is 3.17. The third-order valence-corrected chi connectivity index (χ3v) is 3.60. The van der Waals surface area contributed by atoms with Crippen LogP contribution in [0.3, 0.4) is 0 Å². The maximum atomic E-state index is 11.0. The van der Waals surface area contributed by atoms with E-state index in [1.54, 1.807) is 0 Å². The zero-order chi connectivity index (χ0) is 11.8. The molecule has 92 valence electrons. The van der Waals surface area contributed by atoms with Gasteiger partial charge in [-0.2, -0.15) is 0 Å². The summed E-state index contributed by atoms with van der Waals surface area (Å²) in [6, 6.07) is 0. The number of hydrogen-bond acceptors (Lipinski definition) is 3. The Hall–Kier alpha value is -1.39. The second kappa shape index (κ2) is 4.13. The lowest BCUT2D eigenvalue weighted by Crippen LogP contribution is -2.15. The van der Waals surface area contributed by atoms with Crippen LogP contribution >= 0.6 is 0 Å². The van der Waals surface area contributed by atoms with Crippen molar-refractivity contribution in [2.45, 2.75) is 51.0 Å². The topological polar surface area (TPSA) is 73.8 Å². The number of nitrogens with zero attached hydrogens (tertiary/aromatic N) is 3. The van der Waals surface area contributed by atoms with Crippen LogP contribution in [0.4, 0.5) is 0 Å². The number of amides is 1. The molecule has 2 aliphatic carbocycles. The molecule has 0 unspecified atom stereocenters. The number of rotatable bonds is 6. The molecule has 2 N–H and O–H groups in total. The number of hydrogen-bond donors (Lipinski definition) is 1. The second-order valence-electron chi connectivity index (χ2n) is 5.29. The van der Waals surface area contributed by atoms with Crippen molar-refractivity contribution >= 4 is 5.91 Å². The van der Waals surface area contributed by atoms with Gasteiger partial charge in [-0.3, -0.25) is 4.79 Å². The van der Waals surface area contributed by atoms with E-state index in [1.165, 1.54) is 37.8 Å². The summed E-state index contributed by atoms with van der Waals surface area (Å²) in [4.78, 5) is 11.0. The van der Waals surface area contributed by atoms with Gasteiger partial charge >= 0.3 is 0 Å². The Labute approximate surface area is 100 Å². The number of aromatic nitrogens is 3. The highest BCUT2D eigenvalue weighted by Gasteiger charge is 2.32. The van der Waals surface area contributed by atoms with Crippen molar-refractivity contribution in [3.05, 3.63) is 11.4 Å². The molecular formula is C12H18N4O. The zero-order valence-corrected chi connectivity index (χ0v) is 9.93. The van der Waals surface area contributed by atoms with Crippen LogP contribution in [0.5, 0.6) is 0 Å². The summed E-state index contributed by atoms with van der Waals surface area (Å²) >= 11 is 0. The van der Waals surface area contributed by atoms with E-state index in [0.29, 0.717) is 5.92 Å². The fourth-order valence-corrected chi connectivity index (χ4v) is 2.33. The molecule has 0 aliphatic heterocycles. The van der Waals surface area contributed by atoms with E-state index in [2.05, 4.69) is 10.3 Å². The lowest BCUT2D eigenvalue weighted by molar-refractivity contribution is -0.117. The van der Waals surface area contributed by atoms with Crippen LogP contribution in [-0.4, -0.2) is 20.9 Å². The Bertz CT molecular complexity index is 432. The van der Waals surface area contributed by atoms with Crippen molar-refractivity contribution in [2.75, 3.05) is 0 Å². The van der Waals surface area contributed by atoms with Crippen LogP contribution in [0.15, 0.2) is 0 Å². The molecule has 17 heavy (non-hydrogen) atoms. The van der Waals surface area contributed by atoms with Crippen molar-refractivity contribution in [1.82, 2.24) is 15.0 Å². The summed E-state index contributed by atoms with van der Waals surface area (Å²) in [6.07, 6.45) is 6.54. The normalized spacial score (nSPS) is 19.5. The van der Waals surface area contributed by atoms with Crippen molar-refractivity contribution < 1.29 is 4.79 Å². The van der Waals surface area contributed by atoms with Crippen molar-refractivity contribution in [3.8, 4) is 0 Å². The highest BCUT2D eigenvalue weighted by atomic mass is 16.1. The van der Waals surface area contributed by atoms with Gasteiger partial charge in [0.05, 0.1) is 17.8 Å². The molecule has 0 radical (unpaired) electrons. The standard InChI is InChI=1S/C12H18N4O/c13-11(17)7-10-12(9-3-4-9)16(15-14-10)6-5-8-1-2-8/h8-9H,1-7H2,(H2,13,17). The number of aryl methyl sites for hydroxylation is 1. The molecule has 2 aliphatic rings. The van der Waals surface area contributed by atoms with Gasteiger partial charge in [-0.1, -0.05) is 18.1 Å². The lowest BCUT2D eigenvalue weighted by Gasteiger charge is -2.05. The third-order valence-electron chi connectivity index (χ3n) is 3.60. The van der Waals surface area contributed by atoms with Gasteiger partial charge in [-0.25, -0.2) is 4.68 Å². The summed E-state index contributed by atoms with van der Waals surface area (Å²) in [6.45, 7) is 0.947. The van der Waals surface area contributed by atoms with E-state index in [1.807, 2.05) is 4.68 Å². The van der Waals surface area contributed by atoms with E-state index in [9.17, 15) is 4.79 Å². The maximum absolute atomic E-state index is 11.0. The van der Waals surface area contributed by atoms with Gasteiger partial charge < -0.3 is 5.73 Å². The highest BCUT2D eigenvalue weighted by molar-refractivity contribution is 5.76. The molecule has 1 heterocycles. The summed E-state index contributed by atoms with van der Waals surface area (Å²) in [5.41, 5.74) is 7.21. The number of nitrogens with two attached hydrogens (primary N) is 1. The molecule has 2 saturated carbocycles. The Morgan fingerprint density at radius 1 is 1.35 bits per heavy atom. The zero-order valence-electron chi connectivity index (χ0n) is 9.93. The smallest absolute Gasteiger partial charge is 0.223 e. The van der Waals surface area contributed by atoms with Crippen LogP contribution in [0.2, 0.25) is 0 Å². The summed E-state index contributed by atoms with van der Waals surface area (Å²) in [5.74, 6) is 1.14. The fraction of sp³-hybridized carbons (Fsp3) is 0.750. The first-order valence-corrected chi connectivity index (χ1v) is 6.44. The molecule has 2 fully saturated rings. The molecule has 0 aromatic carbocycles. The van der Waals surface area contributed by atoms with Gasteiger partial charge in [0, 0.05) is 12.5 Å². The average molecular weight is 234 g/mol. The Morgan fingerprint density at radius 2 is 2.12 bits per heavy atom. The molecular weight excluding hydrogens is 216 g/mol. The first kappa shape index (κ1) is 10.7. The van der Waals surface area contributed by atoms with Crippen LogP contribution in [0.1, 0.15) is 49.4 Å². The van der Waals surface area contributed by atoms with Gasteiger partial charge in [0.25, 0.3) is 0 Å². The van der Waals surface area contributed by atoms with E-state index in [4.69, 9.17) is 5.73 Å². The number of carbonyl (C=O) groups is 1. The van der Waals surface area contributed by atoms with Gasteiger partial charge in [0.2, 0.25) is 5.91 Å². The SMILES string of the molecule is NC(=O)Cc1nnn(CCC2CC2)c1C1CC1. The Balaban J connectivity index is 1.76. The summed E-state index contributed by atoms with van der Waals surface area (Å²) < 4.78 is 2.01. The Kier molecular flexibility index (Phi) is 2.61. The van der Waals surface area contributed by atoms with Gasteiger partial charge in [0.1, 0.15) is 0 Å². The van der Waals surface area contributed by atoms with Crippen molar-refractivity contribution in [3.63, 3.8) is 0 Å². The molecule has 0 saturated heterocycles. The number of primary amides is 1. The number of carbonyl (C=O) groups excluding carboxylic acids is 1. The molecule has 3 rings (SSSR count). The van der Waals surface area contributed by atoms with E-state index in [0.717, 1.165) is 18.2 Å². The highest BCUT2D eigenvalue weighted by Crippen LogP contribution is 2.41. The molecule has 0 bridgehead atoms. The van der Waals surface area contributed by atoms with Gasteiger partial charge in [0.15, 0.2) is 0 Å². The monoisotopic (exact) mass is 234 g/mol. The predicted octanol–water partition coefficient (Wildman–Crippen LogP) is 0.983. The van der Waals surface area contributed by atoms with Crippen molar-refractivity contribution in [1.29, 1.82) is 0 Å². The minimum absolute atomic E-state index is 0.231. The molecule has 5 heteroatoms. The van der Waals surface area contributed by atoms with E-state index < -0.39 is 0 Å². The Morgan fingerprint density at radius 3 is 2.71 bits per heavy atom. The molecule has 1 amide bonds. The van der Waals surface area contributed by atoms with Crippen molar-refractivity contribution in [2.24, 2.45) is 11.7 Å². The van der Waals surface area contributed by atoms with Crippen LogP contribution in [0.25, 0.3) is 0 Å². The first-order valence-electron chi connectivity index (χ1n) is 6.44. The van der Waals surface area contributed by atoms with Crippen LogP contribution in [0, 0.1) is 5.92 Å². The van der Waals surface area contributed by atoms with E-state index in [-0.39, 0.29) is 12.3 Å². The molecule has 1 aromatic rings. The lowest BCUT2D eigenvalue weighted by atomic mass is 10.1. The van der Waals surface area contributed by atoms with Gasteiger partial charge in [-0.05, 0) is 25.2 Å². The fourth-order valence-electron chi connectivity index (χ4n) is 2.33. The quantitative estimate of drug-likeness (QED) is 0.797. The van der Waals surface area contributed by atoms with Gasteiger partial charge in [-0.15, -0.1) is 5.10 Å². The van der Waals surface area contributed by atoms with Crippen LogP contribution < -0.4 is 5.73 Å². The minimum atomic E-state index is -0.318. The third kappa shape index (κ3) is 2.48. The van der Waals surface area contributed by atoms with Crippen LogP contribution in [-0.2, 0) is 17.8 Å². The summed E-state index contributed by atoms with van der Waals surface area (Å²) in [7, 11) is 0. The second-order valence-corrected chi connectivity index (χ2v) is 5.29. The maximum Gasteiger partial charge on any atom is 0.223 e. The summed E-state index contributed by atoms with van der Waals surface area (Å²) in [5, 5.41) is 8.32. The molecule has 0 atom stereocenters. The molecule has 1 aromatic heterocycles.